The fourth-order valence-electron chi connectivity index (χ4n) is 1.05. The predicted octanol–water partition coefficient (Wildman–Crippen LogP) is 2.82. The van der Waals surface area contributed by atoms with Crippen LogP contribution in [0.2, 0.25) is 0 Å². The first-order valence-electron chi connectivity index (χ1n) is 4.07. The fourth-order valence-corrected chi connectivity index (χ4v) is 1.05. The van der Waals surface area contributed by atoms with E-state index in [1.807, 2.05) is 0 Å². The van der Waals surface area contributed by atoms with Crippen LogP contribution >= 0.6 is 12.4 Å². The summed E-state index contributed by atoms with van der Waals surface area (Å²) in [6, 6.07) is 0.126. The van der Waals surface area contributed by atoms with Gasteiger partial charge in [-0.2, -0.15) is 13.2 Å². The topological polar surface area (TPSA) is 26.0 Å². The number of benzene rings is 1. The summed E-state index contributed by atoms with van der Waals surface area (Å²) in [5, 5.41) is 0. The standard InChI is InChI=1S/C9H8F5N.ClH/c10-6-1-2-7(11)5(3-6)4-8(15)9(12,13)14;/h1-3,8H,4,15H2;1H. The minimum absolute atomic E-state index is 0. The molecule has 0 heterocycles. The van der Waals surface area contributed by atoms with Crippen LogP contribution in [-0.4, -0.2) is 12.2 Å². The van der Waals surface area contributed by atoms with E-state index in [4.69, 9.17) is 5.73 Å². The van der Waals surface area contributed by atoms with E-state index in [2.05, 4.69) is 0 Å². The van der Waals surface area contributed by atoms with Gasteiger partial charge in [0.25, 0.3) is 0 Å². The van der Waals surface area contributed by atoms with Gasteiger partial charge in [0.15, 0.2) is 0 Å². The molecular formula is C9H9ClF5N. The van der Waals surface area contributed by atoms with E-state index in [0.29, 0.717) is 6.07 Å². The smallest absolute Gasteiger partial charge is 0.320 e. The van der Waals surface area contributed by atoms with Crippen molar-refractivity contribution in [3.63, 3.8) is 0 Å². The third-order valence-corrected chi connectivity index (χ3v) is 1.87. The van der Waals surface area contributed by atoms with Gasteiger partial charge in [-0.25, -0.2) is 8.78 Å². The first-order valence-corrected chi connectivity index (χ1v) is 4.07. The van der Waals surface area contributed by atoms with Crippen molar-refractivity contribution in [1.82, 2.24) is 0 Å². The van der Waals surface area contributed by atoms with Crippen LogP contribution in [0.3, 0.4) is 0 Å². The molecule has 7 heteroatoms. The van der Waals surface area contributed by atoms with Gasteiger partial charge in [0.05, 0.1) is 0 Å². The zero-order chi connectivity index (χ0) is 11.6. The highest BCUT2D eigenvalue weighted by Crippen LogP contribution is 2.22. The predicted molar refractivity (Wildman–Crippen MR) is 51.3 cm³/mol. The summed E-state index contributed by atoms with van der Waals surface area (Å²) in [4.78, 5) is 0. The Hall–Kier alpha value is -0.880. The van der Waals surface area contributed by atoms with E-state index in [1.54, 1.807) is 0 Å². The number of rotatable bonds is 2. The summed E-state index contributed by atoms with van der Waals surface area (Å²) in [6.07, 6.45) is -5.38. The average Bonchev–Trinajstić information content (AvgIpc) is 2.09. The Morgan fingerprint density at radius 2 is 1.75 bits per heavy atom. The molecular weight excluding hydrogens is 253 g/mol. The molecule has 92 valence electrons. The van der Waals surface area contributed by atoms with E-state index in [0.717, 1.165) is 12.1 Å². The van der Waals surface area contributed by atoms with E-state index in [9.17, 15) is 22.0 Å². The molecule has 0 amide bonds. The summed E-state index contributed by atoms with van der Waals surface area (Å²) >= 11 is 0. The molecule has 0 aliphatic rings. The molecule has 0 fully saturated rings. The Bertz CT molecular complexity index is 352. The Morgan fingerprint density at radius 3 is 2.25 bits per heavy atom. The van der Waals surface area contributed by atoms with Crippen molar-refractivity contribution in [3.8, 4) is 0 Å². The highest BCUT2D eigenvalue weighted by atomic mass is 35.5. The quantitative estimate of drug-likeness (QED) is 0.814. The molecule has 0 aliphatic heterocycles. The number of hydrogen-bond acceptors (Lipinski definition) is 1. The Labute approximate surface area is 94.8 Å². The first-order chi connectivity index (χ1) is 6.80. The fraction of sp³-hybridized carbons (Fsp3) is 0.333. The van der Waals surface area contributed by atoms with Crippen LogP contribution in [0.1, 0.15) is 5.56 Å². The summed E-state index contributed by atoms with van der Waals surface area (Å²) in [5.41, 5.74) is 4.41. The van der Waals surface area contributed by atoms with Gasteiger partial charge in [-0.1, -0.05) is 0 Å². The second kappa shape index (κ2) is 5.45. The SMILES string of the molecule is Cl.NC(Cc1cc(F)ccc1F)C(F)(F)F. The molecule has 1 nitrogen and oxygen atoms in total. The minimum atomic E-state index is -4.61. The monoisotopic (exact) mass is 261 g/mol. The van der Waals surface area contributed by atoms with Crippen LogP contribution in [0.25, 0.3) is 0 Å². The van der Waals surface area contributed by atoms with Crippen LogP contribution in [0.4, 0.5) is 22.0 Å². The summed E-state index contributed by atoms with van der Waals surface area (Å²) in [7, 11) is 0. The normalized spacial score (nSPS) is 13.1. The molecule has 2 N–H and O–H groups in total. The number of alkyl halides is 3. The highest BCUT2D eigenvalue weighted by Gasteiger charge is 2.36. The Balaban J connectivity index is 0.00000225. The molecule has 0 saturated carbocycles. The minimum Gasteiger partial charge on any atom is -0.320 e. The average molecular weight is 262 g/mol. The second-order valence-corrected chi connectivity index (χ2v) is 3.09. The van der Waals surface area contributed by atoms with E-state index in [-0.39, 0.29) is 18.0 Å². The molecule has 0 aromatic heterocycles. The number of nitrogens with two attached hydrogens (primary N) is 1. The summed E-state index contributed by atoms with van der Waals surface area (Å²) in [6.45, 7) is 0. The van der Waals surface area contributed by atoms with Crippen LogP contribution in [-0.2, 0) is 6.42 Å². The van der Waals surface area contributed by atoms with Crippen LogP contribution in [0.5, 0.6) is 0 Å². The Morgan fingerprint density at radius 1 is 1.19 bits per heavy atom. The van der Waals surface area contributed by atoms with Crippen molar-refractivity contribution >= 4 is 12.4 Å². The van der Waals surface area contributed by atoms with Crippen molar-refractivity contribution in [1.29, 1.82) is 0 Å². The third-order valence-electron chi connectivity index (χ3n) is 1.87. The van der Waals surface area contributed by atoms with Gasteiger partial charge in [0.2, 0.25) is 0 Å². The molecule has 0 spiro atoms. The van der Waals surface area contributed by atoms with Gasteiger partial charge in [-0.3, -0.25) is 0 Å². The van der Waals surface area contributed by atoms with Crippen molar-refractivity contribution in [2.75, 3.05) is 0 Å². The maximum absolute atomic E-state index is 12.9. The molecule has 1 aromatic rings. The first kappa shape index (κ1) is 15.1. The molecule has 0 bridgehead atoms. The molecule has 16 heavy (non-hydrogen) atoms. The van der Waals surface area contributed by atoms with Gasteiger partial charge in [0.1, 0.15) is 17.7 Å². The van der Waals surface area contributed by atoms with E-state index >= 15 is 0 Å². The molecule has 1 rings (SSSR count). The Kier molecular flexibility index (Phi) is 5.15. The lowest BCUT2D eigenvalue weighted by Crippen LogP contribution is -2.39. The van der Waals surface area contributed by atoms with Crippen LogP contribution in [0, 0.1) is 11.6 Å². The molecule has 1 atom stereocenters. The molecule has 1 aromatic carbocycles. The van der Waals surface area contributed by atoms with E-state index < -0.39 is 30.3 Å². The molecule has 0 radical (unpaired) electrons. The summed E-state index contributed by atoms with van der Waals surface area (Å²) in [5.74, 6) is -1.68. The van der Waals surface area contributed by atoms with Gasteiger partial charge in [-0.05, 0) is 30.2 Å². The van der Waals surface area contributed by atoms with Crippen LogP contribution < -0.4 is 5.73 Å². The zero-order valence-corrected chi connectivity index (χ0v) is 8.71. The van der Waals surface area contributed by atoms with Crippen molar-refractivity contribution in [2.24, 2.45) is 5.73 Å². The number of halogens is 6. The number of hydrogen-bond donors (Lipinski definition) is 1. The lowest BCUT2D eigenvalue weighted by molar-refractivity contribution is -0.147. The van der Waals surface area contributed by atoms with E-state index in [1.165, 1.54) is 0 Å². The van der Waals surface area contributed by atoms with Crippen molar-refractivity contribution in [2.45, 2.75) is 18.6 Å². The van der Waals surface area contributed by atoms with Crippen molar-refractivity contribution < 1.29 is 22.0 Å². The largest absolute Gasteiger partial charge is 0.403 e. The third kappa shape index (κ3) is 3.94. The lowest BCUT2D eigenvalue weighted by Gasteiger charge is -2.15. The maximum Gasteiger partial charge on any atom is 0.403 e. The molecule has 0 saturated heterocycles. The van der Waals surface area contributed by atoms with Crippen LogP contribution in [0.15, 0.2) is 18.2 Å². The lowest BCUT2D eigenvalue weighted by atomic mass is 10.1. The molecule has 0 aliphatic carbocycles. The second-order valence-electron chi connectivity index (χ2n) is 3.09. The maximum atomic E-state index is 12.9. The van der Waals surface area contributed by atoms with Gasteiger partial charge < -0.3 is 5.73 Å². The van der Waals surface area contributed by atoms with Crippen molar-refractivity contribution in [3.05, 3.63) is 35.4 Å². The zero-order valence-electron chi connectivity index (χ0n) is 7.89. The molecule has 1 unspecified atom stereocenters. The van der Waals surface area contributed by atoms with Gasteiger partial charge >= 0.3 is 6.18 Å². The highest BCUT2D eigenvalue weighted by molar-refractivity contribution is 5.85. The van der Waals surface area contributed by atoms with Gasteiger partial charge in [-0.15, -0.1) is 12.4 Å². The van der Waals surface area contributed by atoms with Gasteiger partial charge in [0, 0.05) is 0 Å². The summed E-state index contributed by atoms with van der Waals surface area (Å²) < 4.78 is 61.6.